The van der Waals surface area contributed by atoms with Crippen molar-refractivity contribution in [1.29, 1.82) is 0 Å². The zero-order chi connectivity index (χ0) is 15.9. The van der Waals surface area contributed by atoms with Crippen molar-refractivity contribution >= 4 is 51.1 Å². The SMILES string of the molecule is O=C1Nc2ccc(I)cc2C1=CC(c1cccs1)C(F)(F)F. The van der Waals surface area contributed by atoms with Crippen molar-refractivity contribution < 1.29 is 18.0 Å². The number of benzene rings is 1. The molecular formula is C15H9F3INOS. The van der Waals surface area contributed by atoms with Gasteiger partial charge in [0.2, 0.25) is 0 Å². The van der Waals surface area contributed by atoms with Crippen LogP contribution in [0, 0.1) is 3.57 Å². The summed E-state index contributed by atoms with van der Waals surface area (Å²) in [5, 5.41) is 4.20. The van der Waals surface area contributed by atoms with E-state index < -0.39 is 18.0 Å². The number of amides is 1. The van der Waals surface area contributed by atoms with Gasteiger partial charge in [0.25, 0.3) is 5.91 Å². The summed E-state index contributed by atoms with van der Waals surface area (Å²) in [6.07, 6.45) is -3.42. The highest BCUT2D eigenvalue weighted by Crippen LogP contribution is 2.42. The highest BCUT2D eigenvalue weighted by Gasteiger charge is 2.41. The smallest absolute Gasteiger partial charge is 0.321 e. The van der Waals surface area contributed by atoms with E-state index in [4.69, 9.17) is 0 Å². The van der Waals surface area contributed by atoms with Gasteiger partial charge in [0.1, 0.15) is 5.92 Å². The van der Waals surface area contributed by atoms with Gasteiger partial charge in [-0.1, -0.05) is 12.1 Å². The molecule has 0 bridgehead atoms. The van der Waals surface area contributed by atoms with Gasteiger partial charge >= 0.3 is 6.18 Å². The molecule has 1 atom stereocenters. The number of thiophene rings is 1. The van der Waals surface area contributed by atoms with Crippen molar-refractivity contribution in [3.8, 4) is 0 Å². The Morgan fingerprint density at radius 3 is 2.68 bits per heavy atom. The molecule has 1 amide bonds. The number of rotatable bonds is 2. The van der Waals surface area contributed by atoms with E-state index in [1.807, 2.05) is 0 Å². The number of hydrogen-bond acceptors (Lipinski definition) is 2. The predicted molar refractivity (Wildman–Crippen MR) is 88.9 cm³/mol. The lowest BCUT2D eigenvalue weighted by Crippen LogP contribution is -2.19. The minimum absolute atomic E-state index is 0.0734. The number of halogens is 4. The van der Waals surface area contributed by atoms with Gasteiger partial charge in [0.15, 0.2) is 0 Å². The molecule has 0 fully saturated rings. The molecule has 1 aromatic heterocycles. The van der Waals surface area contributed by atoms with Crippen LogP contribution in [0.15, 0.2) is 41.8 Å². The molecule has 2 heterocycles. The van der Waals surface area contributed by atoms with Gasteiger partial charge in [0, 0.05) is 25.3 Å². The third-order valence-corrected chi connectivity index (χ3v) is 4.93. The fourth-order valence-electron chi connectivity index (χ4n) is 2.30. The summed E-state index contributed by atoms with van der Waals surface area (Å²) in [4.78, 5) is 12.2. The molecule has 0 aliphatic carbocycles. The molecule has 2 nitrogen and oxygen atoms in total. The van der Waals surface area contributed by atoms with E-state index in [1.54, 1.807) is 29.6 Å². The van der Waals surface area contributed by atoms with E-state index >= 15 is 0 Å². The van der Waals surface area contributed by atoms with Gasteiger partial charge in [-0.15, -0.1) is 11.3 Å². The van der Waals surface area contributed by atoms with Crippen LogP contribution in [0.1, 0.15) is 16.4 Å². The first kappa shape index (κ1) is 15.5. The Bertz CT molecular complexity index is 753. The average Bonchev–Trinajstić information content (AvgIpc) is 3.02. The van der Waals surface area contributed by atoms with Gasteiger partial charge < -0.3 is 5.32 Å². The maximum atomic E-state index is 13.3. The number of carbonyl (C=O) groups is 1. The molecule has 0 saturated heterocycles. The summed E-state index contributed by atoms with van der Waals surface area (Å²) in [5.41, 5.74) is 1.13. The van der Waals surface area contributed by atoms with Crippen LogP contribution in [0.5, 0.6) is 0 Å². The highest BCUT2D eigenvalue weighted by atomic mass is 127. The number of carbonyl (C=O) groups excluding carboxylic acids is 1. The lowest BCUT2D eigenvalue weighted by atomic mass is 9.99. The number of anilines is 1. The molecule has 114 valence electrons. The van der Waals surface area contributed by atoms with Crippen molar-refractivity contribution in [3.63, 3.8) is 0 Å². The molecule has 22 heavy (non-hydrogen) atoms. The van der Waals surface area contributed by atoms with Crippen molar-refractivity contribution in [1.82, 2.24) is 0 Å². The molecule has 1 aliphatic heterocycles. The molecule has 2 aromatic rings. The Morgan fingerprint density at radius 1 is 1.27 bits per heavy atom. The summed E-state index contributed by atoms with van der Waals surface area (Å²) in [7, 11) is 0. The average molecular weight is 435 g/mol. The number of nitrogens with one attached hydrogen (secondary N) is 1. The van der Waals surface area contributed by atoms with Gasteiger partial charge in [-0.2, -0.15) is 13.2 Å². The second-order valence-electron chi connectivity index (χ2n) is 4.76. The summed E-state index contributed by atoms with van der Waals surface area (Å²) >= 11 is 3.09. The van der Waals surface area contributed by atoms with Gasteiger partial charge in [-0.25, -0.2) is 0 Å². The first-order chi connectivity index (χ1) is 10.4. The Labute approximate surface area is 142 Å². The first-order valence-corrected chi connectivity index (χ1v) is 8.25. The largest absolute Gasteiger partial charge is 0.399 e. The third kappa shape index (κ3) is 2.91. The number of fused-ring (bicyclic) bond motifs is 1. The van der Waals surface area contributed by atoms with Crippen LogP contribution in [-0.2, 0) is 4.79 Å². The third-order valence-electron chi connectivity index (χ3n) is 3.30. The lowest BCUT2D eigenvalue weighted by molar-refractivity contribution is -0.138. The van der Waals surface area contributed by atoms with Gasteiger partial charge in [-0.05, 0) is 52.2 Å². The van der Waals surface area contributed by atoms with E-state index in [-0.39, 0.29) is 10.5 Å². The minimum atomic E-state index is -4.44. The Kier molecular flexibility index (Phi) is 4.02. The molecule has 7 heteroatoms. The second kappa shape index (κ2) is 5.69. The minimum Gasteiger partial charge on any atom is -0.321 e. The normalized spacial score (nSPS) is 17.5. The zero-order valence-corrected chi connectivity index (χ0v) is 13.9. The highest BCUT2D eigenvalue weighted by molar-refractivity contribution is 14.1. The molecule has 0 spiro atoms. The molecule has 1 unspecified atom stereocenters. The van der Waals surface area contributed by atoms with Gasteiger partial charge in [-0.3, -0.25) is 4.79 Å². The topological polar surface area (TPSA) is 29.1 Å². The summed E-state index contributed by atoms with van der Waals surface area (Å²) < 4.78 is 40.9. The quantitative estimate of drug-likeness (QED) is 0.520. The molecule has 1 aromatic carbocycles. The van der Waals surface area contributed by atoms with E-state index in [0.29, 0.717) is 11.3 Å². The van der Waals surface area contributed by atoms with E-state index in [9.17, 15) is 18.0 Å². The standard InChI is InChI=1S/C15H9F3INOS/c16-15(17,18)11(13-2-1-5-22-13)7-10-9-6-8(19)3-4-12(9)20-14(10)21/h1-7,11H,(H,20,21). The van der Waals surface area contributed by atoms with Crippen molar-refractivity contribution in [2.45, 2.75) is 12.1 Å². The van der Waals surface area contributed by atoms with Crippen LogP contribution in [0.4, 0.5) is 18.9 Å². The molecule has 3 rings (SSSR count). The van der Waals surface area contributed by atoms with Crippen LogP contribution in [0.2, 0.25) is 0 Å². The molecular weight excluding hydrogens is 426 g/mol. The fraction of sp³-hybridized carbons (Fsp3) is 0.133. The van der Waals surface area contributed by atoms with E-state index in [1.165, 1.54) is 6.07 Å². The van der Waals surface area contributed by atoms with E-state index in [0.717, 1.165) is 21.0 Å². The fourth-order valence-corrected chi connectivity index (χ4v) is 3.61. The van der Waals surface area contributed by atoms with Crippen molar-refractivity contribution in [2.75, 3.05) is 5.32 Å². The van der Waals surface area contributed by atoms with Crippen LogP contribution in [0.3, 0.4) is 0 Å². The number of hydrogen-bond donors (Lipinski definition) is 1. The Morgan fingerprint density at radius 2 is 2.05 bits per heavy atom. The maximum absolute atomic E-state index is 13.3. The molecule has 1 aliphatic rings. The van der Waals surface area contributed by atoms with Crippen LogP contribution in [0.25, 0.3) is 5.57 Å². The van der Waals surface area contributed by atoms with Crippen LogP contribution in [-0.4, -0.2) is 12.1 Å². The number of alkyl halides is 3. The summed E-state index contributed by atoms with van der Waals surface area (Å²) in [5.74, 6) is -2.28. The zero-order valence-electron chi connectivity index (χ0n) is 10.9. The summed E-state index contributed by atoms with van der Waals surface area (Å²) in [6, 6.07) is 8.21. The van der Waals surface area contributed by atoms with Gasteiger partial charge in [0.05, 0.1) is 0 Å². The predicted octanol–water partition coefficient (Wildman–Crippen LogP) is 5.03. The second-order valence-corrected chi connectivity index (χ2v) is 6.98. The van der Waals surface area contributed by atoms with Crippen molar-refractivity contribution in [2.24, 2.45) is 0 Å². The first-order valence-electron chi connectivity index (χ1n) is 6.29. The van der Waals surface area contributed by atoms with Crippen molar-refractivity contribution in [3.05, 3.63) is 55.8 Å². The van der Waals surface area contributed by atoms with E-state index in [2.05, 4.69) is 27.9 Å². The van der Waals surface area contributed by atoms with Crippen LogP contribution < -0.4 is 5.32 Å². The lowest BCUT2D eigenvalue weighted by Gasteiger charge is -2.16. The Hall–Kier alpha value is -1.35. The monoisotopic (exact) mass is 435 g/mol. The molecule has 0 saturated carbocycles. The number of allylic oxidation sites excluding steroid dienone is 1. The molecule has 1 N–H and O–H groups in total. The summed E-state index contributed by atoms with van der Waals surface area (Å²) in [6.45, 7) is 0. The van der Waals surface area contributed by atoms with Crippen LogP contribution >= 0.6 is 33.9 Å². The maximum Gasteiger partial charge on any atom is 0.399 e. The molecule has 0 radical (unpaired) electrons. The Balaban J connectivity index is 2.10.